The number of ether oxygens (including phenoxy) is 1. The summed E-state index contributed by atoms with van der Waals surface area (Å²) < 4.78 is 5.51. The molecule has 0 aromatic heterocycles. The van der Waals surface area contributed by atoms with E-state index < -0.39 is 0 Å². The summed E-state index contributed by atoms with van der Waals surface area (Å²) in [7, 11) is 0. The van der Waals surface area contributed by atoms with Gasteiger partial charge < -0.3 is 15.8 Å². The normalized spacial score (nSPS) is 25.6. The van der Waals surface area contributed by atoms with Gasteiger partial charge in [0.05, 0.1) is 19.3 Å². The molecule has 1 amide bonds. The van der Waals surface area contributed by atoms with E-state index in [9.17, 15) is 4.79 Å². The molecule has 1 atom stereocenters. The van der Waals surface area contributed by atoms with Gasteiger partial charge >= 0.3 is 0 Å². The molecule has 1 aliphatic heterocycles. The molecule has 2 rings (SSSR count). The molecule has 0 aromatic carbocycles. The van der Waals surface area contributed by atoms with Gasteiger partial charge in [-0.2, -0.15) is 0 Å². The lowest BCUT2D eigenvalue weighted by molar-refractivity contribution is -0.125. The van der Waals surface area contributed by atoms with E-state index in [0.717, 1.165) is 25.9 Å². The van der Waals surface area contributed by atoms with Gasteiger partial charge in [-0.3, -0.25) is 9.69 Å². The highest BCUT2D eigenvalue weighted by Crippen LogP contribution is 2.17. The highest BCUT2D eigenvalue weighted by molar-refractivity contribution is 5.85. The molecule has 1 unspecified atom stereocenters. The Morgan fingerprint density at radius 3 is 2.60 bits per heavy atom. The van der Waals surface area contributed by atoms with Crippen molar-refractivity contribution >= 4 is 18.3 Å². The maximum Gasteiger partial charge on any atom is 0.234 e. The molecule has 20 heavy (non-hydrogen) atoms. The molecule has 1 aliphatic carbocycles. The Morgan fingerprint density at radius 2 is 1.95 bits per heavy atom. The first-order chi connectivity index (χ1) is 9.28. The first-order valence-electron chi connectivity index (χ1n) is 7.61. The summed E-state index contributed by atoms with van der Waals surface area (Å²) in [6.07, 6.45) is 7.48. The number of nitrogens with zero attached hydrogens (tertiary/aromatic N) is 1. The van der Waals surface area contributed by atoms with Gasteiger partial charge in [-0.25, -0.2) is 0 Å². The molecule has 2 fully saturated rings. The third-order valence-corrected chi connectivity index (χ3v) is 4.07. The van der Waals surface area contributed by atoms with Crippen LogP contribution in [0.4, 0.5) is 0 Å². The maximum atomic E-state index is 12.1. The largest absolute Gasteiger partial charge is 0.374 e. The number of morpholine rings is 1. The Hall–Kier alpha value is -0.360. The summed E-state index contributed by atoms with van der Waals surface area (Å²) in [5.41, 5.74) is 5.61. The molecule has 2 aliphatic rings. The number of halogens is 1. The number of hydrogen-bond donors (Lipinski definition) is 2. The van der Waals surface area contributed by atoms with Gasteiger partial charge in [0.2, 0.25) is 5.91 Å². The van der Waals surface area contributed by atoms with Gasteiger partial charge in [-0.05, 0) is 12.8 Å². The third-order valence-electron chi connectivity index (χ3n) is 4.07. The van der Waals surface area contributed by atoms with Crippen LogP contribution in [0.1, 0.15) is 38.5 Å². The number of hydrogen-bond acceptors (Lipinski definition) is 4. The van der Waals surface area contributed by atoms with Crippen LogP contribution in [0.2, 0.25) is 0 Å². The predicted octanol–water partition coefficient (Wildman–Crippen LogP) is 0.907. The van der Waals surface area contributed by atoms with Gasteiger partial charge in [0.1, 0.15) is 0 Å². The number of amides is 1. The Kier molecular flexibility index (Phi) is 8.45. The van der Waals surface area contributed by atoms with E-state index in [-0.39, 0.29) is 24.4 Å². The lowest BCUT2D eigenvalue weighted by Gasteiger charge is -2.32. The molecule has 0 radical (unpaired) electrons. The van der Waals surface area contributed by atoms with Gasteiger partial charge in [0.15, 0.2) is 0 Å². The molecular weight excluding hydrogens is 278 g/mol. The summed E-state index contributed by atoms with van der Waals surface area (Å²) >= 11 is 0. The highest BCUT2D eigenvalue weighted by atomic mass is 35.5. The van der Waals surface area contributed by atoms with Crippen molar-refractivity contribution in [3.05, 3.63) is 0 Å². The van der Waals surface area contributed by atoms with E-state index in [2.05, 4.69) is 10.2 Å². The van der Waals surface area contributed by atoms with E-state index in [1.54, 1.807) is 0 Å². The minimum Gasteiger partial charge on any atom is -0.374 e. The standard InChI is InChI=1S/C14H27N3O2.ClH/c15-9-13-10-17(7-8-19-13)11-14(18)16-12-5-3-1-2-4-6-12;/h12-13H,1-11,15H2,(H,16,18);1H. The Balaban J connectivity index is 0.00000200. The Morgan fingerprint density at radius 1 is 1.25 bits per heavy atom. The second-order valence-corrected chi connectivity index (χ2v) is 5.72. The number of carbonyl (C=O) groups excluding carboxylic acids is 1. The molecule has 1 heterocycles. The summed E-state index contributed by atoms with van der Waals surface area (Å²) in [6.45, 7) is 3.29. The van der Waals surface area contributed by atoms with Crippen LogP contribution in [0, 0.1) is 0 Å². The molecular formula is C14H28ClN3O2. The van der Waals surface area contributed by atoms with Crippen molar-refractivity contribution in [2.75, 3.05) is 32.8 Å². The summed E-state index contributed by atoms with van der Waals surface area (Å²) in [4.78, 5) is 14.2. The van der Waals surface area contributed by atoms with Crippen LogP contribution in [0.3, 0.4) is 0 Å². The van der Waals surface area contributed by atoms with Crippen LogP contribution in [-0.4, -0.2) is 55.7 Å². The molecule has 1 saturated carbocycles. The second-order valence-electron chi connectivity index (χ2n) is 5.72. The number of carbonyl (C=O) groups is 1. The lowest BCUT2D eigenvalue weighted by Crippen LogP contribution is -2.50. The van der Waals surface area contributed by atoms with E-state index in [1.807, 2.05) is 0 Å². The molecule has 5 nitrogen and oxygen atoms in total. The first-order valence-corrected chi connectivity index (χ1v) is 7.61. The smallest absolute Gasteiger partial charge is 0.234 e. The third kappa shape index (κ3) is 5.95. The van der Waals surface area contributed by atoms with E-state index >= 15 is 0 Å². The summed E-state index contributed by atoms with van der Waals surface area (Å²) in [5, 5.41) is 3.19. The summed E-state index contributed by atoms with van der Waals surface area (Å²) in [5.74, 6) is 0.157. The topological polar surface area (TPSA) is 67.6 Å². The number of rotatable bonds is 4. The monoisotopic (exact) mass is 305 g/mol. The summed E-state index contributed by atoms with van der Waals surface area (Å²) in [6, 6.07) is 0.390. The van der Waals surface area contributed by atoms with E-state index in [1.165, 1.54) is 25.7 Å². The first kappa shape index (κ1) is 17.7. The van der Waals surface area contributed by atoms with Crippen LogP contribution in [0.15, 0.2) is 0 Å². The van der Waals surface area contributed by atoms with Crippen molar-refractivity contribution in [1.82, 2.24) is 10.2 Å². The molecule has 6 heteroatoms. The van der Waals surface area contributed by atoms with Crippen LogP contribution >= 0.6 is 12.4 Å². The van der Waals surface area contributed by atoms with Crippen LogP contribution in [0.25, 0.3) is 0 Å². The zero-order valence-corrected chi connectivity index (χ0v) is 13.0. The highest BCUT2D eigenvalue weighted by Gasteiger charge is 2.22. The molecule has 3 N–H and O–H groups in total. The van der Waals surface area contributed by atoms with Crippen molar-refractivity contribution in [2.24, 2.45) is 5.73 Å². The zero-order chi connectivity index (χ0) is 13.5. The Bertz CT molecular complexity index is 284. The Labute approximate surface area is 128 Å². The number of nitrogens with one attached hydrogen (secondary N) is 1. The van der Waals surface area contributed by atoms with Gasteiger partial charge in [0, 0.05) is 25.7 Å². The van der Waals surface area contributed by atoms with Crippen LogP contribution in [-0.2, 0) is 9.53 Å². The van der Waals surface area contributed by atoms with E-state index in [0.29, 0.717) is 25.7 Å². The molecule has 0 spiro atoms. The zero-order valence-electron chi connectivity index (χ0n) is 12.2. The fraction of sp³-hybridized carbons (Fsp3) is 0.929. The second kappa shape index (κ2) is 9.55. The lowest BCUT2D eigenvalue weighted by atomic mass is 10.1. The van der Waals surface area contributed by atoms with E-state index in [4.69, 9.17) is 10.5 Å². The quantitative estimate of drug-likeness (QED) is 0.758. The van der Waals surface area contributed by atoms with Crippen molar-refractivity contribution < 1.29 is 9.53 Å². The van der Waals surface area contributed by atoms with Crippen LogP contribution < -0.4 is 11.1 Å². The van der Waals surface area contributed by atoms with Crippen molar-refractivity contribution in [1.29, 1.82) is 0 Å². The van der Waals surface area contributed by atoms with Gasteiger partial charge in [-0.1, -0.05) is 25.7 Å². The molecule has 118 valence electrons. The molecule has 0 bridgehead atoms. The van der Waals surface area contributed by atoms with Crippen molar-refractivity contribution in [3.8, 4) is 0 Å². The van der Waals surface area contributed by atoms with Crippen LogP contribution in [0.5, 0.6) is 0 Å². The maximum absolute atomic E-state index is 12.1. The SMILES string of the molecule is Cl.NCC1CN(CC(=O)NC2CCCCCC2)CCO1. The fourth-order valence-electron chi connectivity index (χ4n) is 2.97. The molecule has 1 saturated heterocycles. The minimum atomic E-state index is 0. The average Bonchev–Trinajstić information content (AvgIpc) is 2.67. The predicted molar refractivity (Wildman–Crippen MR) is 82.1 cm³/mol. The van der Waals surface area contributed by atoms with Crippen molar-refractivity contribution in [3.63, 3.8) is 0 Å². The number of nitrogens with two attached hydrogens (primary N) is 1. The average molecular weight is 306 g/mol. The van der Waals surface area contributed by atoms with Gasteiger partial charge in [-0.15, -0.1) is 12.4 Å². The van der Waals surface area contributed by atoms with Gasteiger partial charge in [0.25, 0.3) is 0 Å². The minimum absolute atomic E-state index is 0. The van der Waals surface area contributed by atoms with Crippen molar-refractivity contribution in [2.45, 2.75) is 50.7 Å². The molecule has 0 aromatic rings. The fourth-order valence-corrected chi connectivity index (χ4v) is 2.97.